The van der Waals surface area contributed by atoms with E-state index in [1.165, 1.54) is 5.56 Å². The van der Waals surface area contributed by atoms with Gasteiger partial charge >= 0.3 is 0 Å². The Hall–Kier alpha value is -4.59. The van der Waals surface area contributed by atoms with Gasteiger partial charge in [-0.05, 0) is 60.9 Å². The number of pyridine rings is 1. The van der Waals surface area contributed by atoms with E-state index < -0.39 is 0 Å². The van der Waals surface area contributed by atoms with Crippen LogP contribution in [0, 0.1) is 0 Å². The zero-order chi connectivity index (χ0) is 24.9. The van der Waals surface area contributed by atoms with Crippen molar-refractivity contribution in [2.24, 2.45) is 0 Å². The first kappa shape index (κ1) is 23.2. The van der Waals surface area contributed by atoms with Crippen LogP contribution in [0.2, 0.25) is 0 Å². The van der Waals surface area contributed by atoms with Crippen LogP contribution in [0.3, 0.4) is 0 Å². The maximum atomic E-state index is 12.9. The van der Waals surface area contributed by atoms with Gasteiger partial charge in [-0.3, -0.25) is 9.78 Å². The fraction of sp³-hybridized carbons (Fsp3) is 0.179. The summed E-state index contributed by atoms with van der Waals surface area (Å²) in [5.74, 6) is 1.61. The molecule has 0 spiro atoms. The molecule has 36 heavy (non-hydrogen) atoms. The maximum absolute atomic E-state index is 12.9. The number of hydrogen-bond acceptors (Lipinski definition) is 6. The maximum Gasteiger partial charge on any atom is 0.255 e. The fourth-order valence-corrected chi connectivity index (χ4v) is 3.92. The lowest BCUT2D eigenvalue weighted by atomic mass is 10.1. The van der Waals surface area contributed by atoms with Gasteiger partial charge in [0.25, 0.3) is 11.7 Å². The second kappa shape index (κ2) is 10.4. The van der Waals surface area contributed by atoms with Crippen LogP contribution in [0.5, 0.6) is 0 Å². The Kier molecular flexibility index (Phi) is 6.66. The Labute approximate surface area is 209 Å². The fourth-order valence-electron chi connectivity index (χ4n) is 3.92. The van der Waals surface area contributed by atoms with E-state index >= 15 is 0 Å². The average Bonchev–Trinajstić information content (AvgIpc) is 3.35. The van der Waals surface area contributed by atoms with Gasteiger partial charge in [0, 0.05) is 46.7 Å². The molecule has 8 nitrogen and oxygen atoms in total. The number of amides is 1. The predicted molar refractivity (Wildman–Crippen MR) is 142 cm³/mol. The third-order valence-corrected chi connectivity index (χ3v) is 5.81. The van der Waals surface area contributed by atoms with E-state index in [1.807, 2.05) is 60.7 Å². The highest BCUT2D eigenvalue weighted by atomic mass is 16.1. The number of benzene rings is 2. The summed E-state index contributed by atoms with van der Waals surface area (Å²) in [6.07, 6.45) is 6.18. The van der Waals surface area contributed by atoms with Gasteiger partial charge in [-0.25, -0.2) is 4.98 Å². The largest absolute Gasteiger partial charge is 0.340 e. The molecule has 0 aliphatic heterocycles. The van der Waals surface area contributed by atoms with Crippen molar-refractivity contribution in [1.82, 2.24) is 24.6 Å². The van der Waals surface area contributed by atoms with Crippen molar-refractivity contribution < 1.29 is 4.79 Å². The summed E-state index contributed by atoms with van der Waals surface area (Å²) in [7, 11) is 0. The van der Waals surface area contributed by atoms with E-state index in [-0.39, 0.29) is 5.91 Å². The number of hydrogen-bond donors (Lipinski definition) is 2. The van der Waals surface area contributed by atoms with Crippen LogP contribution in [0.25, 0.3) is 17.2 Å². The van der Waals surface area contributed by atoms with Crippen LogP contribution in [-0.2, 0) is 12.8 Å². The second-order valence-electron chi connectivity index (χ2n) is 8.48. The number of carbonyl (C=O) groups is 1. The highest BCUT2D eigenvalue weighted by Gasteiger charge is 2.14. The first-order valence-corrected chi connectivity index (χ1v) is 12.1. The zero-order valence-electron chi connectivity index (χ0n) is 20.3. The minimum absolute atomic E-state index is 0.172. The molecule has 2 N–H and O–H groups in total. The van der Waals surface area contributed by atoms with Crippen LogP contribution in [-0.4, -0.2) is 30.5 Å². The number of carbonyl (C=O) groups excluding carboxylic acids is 1. The number of fused-ring (bicyclic) bond motifs is 1. The van der Waals surface area contributed by atoms with Gasteiger partial charge in [-0.1, -0.05) is 38.5 Å². The van der Waals surface area contributed by atoms with Crippen molar-refractivity contribution in [3.05, 3.63) is 95.9 Å². The molecule has 0 aliphatic rings. The average molecular weight is 478 g/mol. The van der Waals surface area contributed by atoms with Crippen molar-refractivity contribution in [3.8, 4) is 11.4 Å². The number of aryl methyl sites for hydroxylation is 2. The number of anilines is 3. The van der Waals surface area contributed by atoms with E-state index in [4.69, 9.17) is 0 Å². The molecule has 0 saturated heterocycles. The van der Waals surface area contributed by atoms with Crippen LogP contribution in [0.1, 0.15) is 41.9 Å². The first-order chi connectivity index (χ1) is 17.6. The van der Waals surface area contributed by atoms with Crippen molar-refractivity contribution in [2.75, 3.05) is 10.6 Å². The molecule has 5 aromatic rings. The molecule has 1 amide bonds. The van der Waals surface area contributed by atoms with Gasteiger partial charge in [-0.2, -0.15) is 9.50 Å². The Balaban J connectivity index is 1.43. The van der Waals surface area contributed by atoms with Crippen molar-refractivity contribution >= 4 is 28.9 Å². The van der Waals surface area contributed by atoms with Gasteiger partial charge in [0.05, 0.1) is 0 Å². The van der Waals surface area contributed by atoms with Crippen molar-refractivity contribution in [2.45, 2.75) is 33.1 Å². The summed E-state index contributed by atoms with van der Waals surface area (Å²) < 4.78 is 1.68. The third kappa shape index (κ3) is 5.07. The molecule has 0 fully saturated rings. The standard InChI is InChI=1S/C28H27N7O/c1-3-7-23-17-25(35-28(32-23)33-26(34-35)21-9-6-15-29-18-21)30-24-10-5-8-20(16-24)27(36)31-22-13-11-19(4-2)12-14-22/h5-6,8-18,30H,3-4,7H2,1-2H3,(H,31,36). The molecule has 0 radical (unpaired) electrons. The molecule has 3 heterocycles. The molecule has 5 rings (SSSR count). The predicted octanol–water partition coefficient (Wildman–Crippen LogP) is 5.70. The minimum atomic E-state index is -0.172. The van der Waals surface area contributed by atoms with Crippen LogP contribution >= 0.6 is 0 Å². The SMILES string of the molecule is CCCc1cc(Nc2cccc(C(=O)Nc3ccc(CC)cc3)c2)n2nc(-c3cccnc3)nc2n1. The van der Waals surface area contributed by atoms with E-state index in [0.717, 1.165) is 47.7 Å². The van der Waals surface area contributed by atoms with E-state index in [1.54, 1.807) is 23.0 Å². The Morgan fingerprint density at radius 3 is 2.56 bits per heavy atom. The molecule has 3 aromatic heterocycles. The molecule has 180 valence electrons. The highest BCUT2D eigenvalue weighted by Crippen LogP contribution is 2.23. The smallest absolute Gasteiger partial charge is 0.255 e. The van der Waals surface area contributed by atoms with Gasteiger partial charge in [-0.15, -0.1) is 5.10 Å². The highest BCUT2D eigenvalue weighted by molar-refractivity contribution is 6.04. The number of nitrogens with zero attached hydrogens (tertiary/aromatic N) is 5. The summed E-state index contributed by atoms with van der Waals surface area (Å²) in [5, 5.41) is 11.0. The summed E-state index contributed by atoms with van der Waals surface area (Å²) in [5.41, 5.74) is 5.04. The lowest BCUT2D eigenvalue weighted by Crippen LogP contribution is -2.12. The molecule has 0 atom stereocenters. The molecule has 0 unspecified atom stereocenters. The summed E-state index contributed by atoms with van der Waals surface area (Å²) in [4.78, 5) is 26.4. The Morgan fingerprint density at radius 1 is 0.944 bits per heavy atom. The lowest BCUT2D eigenvalue weighted by molar-refractivity contribution is 0.102. The van der Waals surface area contributed by atoms with Crippen molar-refractivity contribution in [1.29, 1.82) is 0 Å². The van der Waals surface area contributed by atoms with Crippen molar-refractivity contribution in [3.63, 3.8) is 0 Å². The quantitative estimate of drug-likeness (QED) is 0.298. The first-order valence-electron chi connectivity index (χ1n) is 12.1. The Morgan fingerprint density at radius 2 is 1.81 bits per heavy atom. The molecular formula is C28H27N7O. The number of rotatable bonds is 8. The topological polar surface area (TPSA) is 97.1 Å². The summed E-state index contributed by atoms with van der Waals surface area (Å²) in [6, 6.07) is 21.0. The third-order valence-electron chi connectivity index (χ3n) is 5.81. The molecule has 8 heteroatoms. The lowest BCUT2D eigenvalue weighted by Gasteiger charge is -2.11. The molecule has 0 saturated carbocycles. The van der Waals surface area contributed by atoms with E-state index in [2.05, 4.69) is 44.5 Å². The molecule has 0 aliphatic carbocycles. The summed E-state index contributed by atoms with van der Waals surface area (Å²) >= 11 is 0. The molecular weight excluding hydrogens is 450 g/mol. The minimum Gasteiger partial charge on any atom is -0.340 e. The zero-order valence-corrected chi connectivity index (χ0v) is 20.3. The van der Waals surface area contributed by atoms with Crippen LogP contribution in [0.15, 0.2) is 79.1 Å². The van der Waals surface area contributed by atoms with Crippen LogP contribution < -0.4 is 10.6 Å². The molecule has 2 aromatic carbocycles. The molecule has 0 bridgehead atoms. The number of nitrogens with one attached hydrogen (secondary N) is 2. The normalized spacial score (nSPS) is 10.9. The van der Waals surface area contributed by atoms with Gasteiger partial charge in [0.1, 0.15) is 5.82 Å². The second-order valence-corrected chi connectivity index (χ2v) is 8.48. The van der Waals surface area contributed by atoms with Crippen LogP contribution in [0.4, 0.5) is 17.2 Å². The van der Waals surface area contributed by atoms with Gasteiger partial charge in [0.15, 0.2) is 5.82 Å². The number of aromatic nitrogens is 5. The Bertz CT molecular complexity index is 1490. The van der Waals surface area contributed by atoms with E-state index in [0.29, 0.717) is 17.2 Å². The van der Waals surface area contributed by atoms with Gasteiger partial charge < -0.3 is 10.6 Å². The monoisotopic (exact) mass is 477 g/mol. The van der Waals surface area contributed by atoms with E-state index in [9.17, 15) is 4.79 Å². The summed E-state index contributed by atoms with van der Waals surface area (Å²) in [6.45, 7) is 4.22. The van der Waals surface area contributed by atoms with Gasteiger partial charge in [0.2, 0.25) is 0 Å².